The smallest absolute Gasteiger partial charge is 0.225 e. The lowest BCUT2D eigenvalue weighted by atomic mass is 9.84. The number of thiophene rings is 1. The van der Waals surface area contributed by atoms with Gasteiger partial charge >= 0.3 is 0 Å². The highest BCUT2D eigenvalue weighted by molar-refractivity contribution is 7.19. The van der Waals surface area contributed by atoms with E-state index in [-0.39, 0.29) is 5.92 Å². The van der Waals surface area contributed by atoms with Gasteiger partial charge < -0.3 is 14.5 Å². The Labute approximate surface area is 205 Å². The van der Waals surface area contributed by atoms with Crippen LogP contribution >= 0.6 is 11.3 Å². The third kappa shape index (κ3) is 3.84. The zero-order valence-corrected chi connectivity index (χ0v) is 20.9. The number of anilines is 1. The van der Waals surface area contributed by atoms with Crippen molar-refractivity contribution in [1.82, 2.24) is 14.9 Å². The number of carbonyl (C=O) groups excluding carboxylic acids is 1. The number of aromatic nitrogens is 2. The van der Waals surface area contributed by atoms with Gasteiger partial charge in [-0.1, -0.05) is 13.3 Å². The molecule has 34 heavy (non-hydrogen) atoms. The summed E-state index contributed by atoms with van der Waals surface area (Å²) in [5.41, 5.74) is 2.46. The van der Waals surface area contributed by atoms with Crippen LogP contribution in [0.4, 0.5) is 5.82 Å². The summed E-state index contributed by atoms with van der Waals surface area (Å²) in [4.78, 5) is 30.0. The van der Waals surface area contributed by atoms with Gasteiger partial charge in [0.15, 0.2) is 5.82 Å². The SMILES string of the molecule is COc1ccc(-c2nc(N3CCN(C(=O)C4CCC4)CC3)c3c4c(sc3n2)CC(C)CC4)cc1. The van der Waals surface area contributed by atoms with Crippen LogP contribution in [0.25, 0.3) is 21.6 Å². The van der Waals surface area contributed by atoms with E-state index in [1.54, 1.807) is 7.11 Å². The van der Waals surface area contributed by atoms with Crippen molar-refractivity contribution < 1.29 is 9.53 Å². The molecule has 2 aromatic heterocycles. The molecule has 1 aliphatic heterocycles. The lowest BCUT2D eigenvalue weighted by molar-refractivity contribution is -0.138. The molecule has 0 spiro atoms. The number of hydrogen-bond donors (Lipinski definition) is 0. The molecule has 1 aromatic carbocycles. The quantitative estimate of drug-likeness (QED) is 0.534. The van der Waals surface area contributed by atoms with Gasteiger partial charge in [-0.25, -0.2) is 9.97 Å². The molecule has 1 saturated carbocycles. The molecule has 1 saturated heterocycles. The number of methoxy groups -OCH3 is 1. The van der Waals surface area contributed by atoms with Crippen molar-refractivity contribution in [3.63, 3.8) is 0 Å². The molecule has 0 N–H and O–H groups in total. The first kappa shape index (κ1) is 21.8. The van der Waals surface area contributed by atoms with Gasteiger partial charge in [-0.2, -0.15) is 0 Å². The summed E-state index contributed by atoms with van der Waals surface area (Å²) in [5, 5.41) is 1.25. The highest BCUT2D eigenvalue weighted by atomic mass is 32.1. The van der Waals surface area contributed by atoms with E-state index in [4.69, 9.17) is 14.7 Å². The van der Waals surface area contributed by atoms with E-state index in [2.05, 4.69) is 16.7 Å². The number of piperazine rings is 1. The highest BCUT2D eigenvalue weighted by Crippen LogP contribution is 2.42. The topological polar surface area (TPSA) is 58.6 Å². The maximum atomic E-state index is 12.8. The second-order valence-electron chi connectivity index (χ2n) is 10.1. The summed E-state index contributed by atoms with van der Waals surface area (Å²) < 4.78 is 5.34. The fourth-order valence-corrected chi connectivity index (χ4v) is 6.85. The predicted molar refractivity (Wildman–Crippen MR) is 137 cm³/mol. The molecule has 3 aliphatic rings. The molecule has 2 aliphatic carbocycles. The highest BCUT2D eigenvalue weighted by Gasteiger charge is 2.33. The first-order valence-electron chi connectivity index (χ1n) is 12.6. The van der Waals surface area contributed by atoms with Crippen molar-refractivity contribution in [2.24, 2.45) is 11.8 Å². The molecular formula is C27H32N4O2S. The average molecular weight is 477 g/mol. The lowest BCUT2D eigenvalue weighted by Crippen LogP contribution is -2.51. The summed E-state index contributed by atoms with van der Waals surface area (Å²) in [6.45, 7) is 5.56. The van der Waals surface area contributed by atoms with Crippen molar-refractivity contribution >= 4 is 33.3 Å². The summed E-state index contributed by atoms with van der Waals surface area (Å²) in [6.07, 6.45) is 6.80. The molecule has 1 atom stereocenters. The Balaban J connectivity index is 1.37. The van der Waals surface area contributed by atoms with Crippen LogP contribution in [0.5, 0.6) is 5.75 Å². The van der Waals surface area contributed by atoms with Crippen LogP contribution in [0.1, 0.15) is 43.0 Å². The molecule has 178 valence electrons. The first-order valence-corrected chi connectivity index (χ1v) is 13.4. The largest absolute Gasteiger partial charge is 0.497 e. The van der Waals surface area contributed by atoms with E-state index in [1.807, 2.05) is 35.6 Å². The van der Waals surface area contributed by atoms with E-state index in [0.717, 1.165) is 85.6 Å². The Morgan fingerprint density at radius 3 is 2.50 bits per heavy atom. The van der Waals surface area contributed by atoms with Crippen molar-refractivity contribution in [2.45, 2.75) is 45.4 Å². The van der Waals surface area contributed by atoms with Crippen LogP contribution in [-0.4, -0.2) is 54.1 Å². The van der Waals surface area contributed by atoms with Crippen molar-refractivity contribution in [3.05, 3.63) is 34.7 Å². The van der Waals surface area contributed by atoms with Gasteiger partial charge in [0.1, 0.15) is 16.4 Å². The van der Waals surface area contributed by atoms with Crippen LogP contribution in [0.2, 0.25) is 0 Å². The normalized spacial score (nSPS) is 20.8. The zero-order chi connectivity index (χ0) is 23.2. The fraction of sp³-hybridized carbons (Fsp3) is 0.519. The maximum absolute atomic E-state index is 12.8. The number of amides is 1. The molecule has 6 nitrogen and oxygen atoms in total. The number of ether oxygens (including phenoxy) is 1. The predicted octanol–water partition coefficient (Wildman–Crippen LogP) is 4.94. The Morgan fingerprint density at radius 1 is 1.06 bits per heavy atom. The Bertz CT molecular complexity index is 1210. The molecule has 2 fully saturated rings. The van der Waals surface area contributed by atoms with E-state index < -0.39 is 0 Å². The number of carbonyl (C=O) groups is 1. The van der Waals surface area contributed by atoms with Crippen LogP contribution in [0, 0.1) is 11.8 Å². The molecule has 1 unspecified atom stereocenters. The Hall–Kier alpha value is -2.67. The van der Waals surface area contributed by atoms with Gasteiger partial charge in [0, 0.05) is 42.5 Å². The van der Waals surface area contributed by atoms with E-state index in [0.29, 0.717) is 5.91 Å². The minimum Gasteiger partial charge on any atom is -0.497 e. The Morgan fingerprint density at radius 2 is 1.82 bits per heavy atom. The number of hydrogen-bond acceptors (Lipinski definition) is 6. The second kappa shape index (κ2) is 8.84. The van der Waals surface area contributed by atoms with Crippen molar-refractivity contribution in [2.75, 3.05) is 38.2 Å². The number of benzene rings is 1. The third-order valence-corrected chi connectivity index (χ3v) is 8.98. The average Bonchev–Trinajstić information content (AvgIpc) is 3.20. The zero-order valence-electron chi connectivity index (χ0n) is 20.0. The molecule has 0 bridgehead atoms. The number of fused-ring (bicyclic) bond motifs is 3. The minimum atomic E-state index is 0.268. The van der Waals surface area contributed by atoms with Gasteiger partial charge in [0.05, 0.1) is 12.5 Å². The lowest BCUT2D eigenvalue weighted by Gasteiger charge is -2.39. The monoisotopic (exact) mass is 476 g/mol. The molecule has 6 rings (SSSR count). The minimum absolute atomic E-state index is 0.268. The van der Waals surface area contributed by atoms with Gasteiger partial charge in [0.25, 0.3) is 0 Å². The summed E-state index contributed by atoms with van der Waals surface area (Å²) in [7, 11) is 1.68. The third-order valence-electron chi connectivity index (χ3n) is 7.83. The molecular weight excluding hydrogens is 444 g/mol. The van der Waals surface area contributed by atoms with Crippen LogP contribution in [0.15, 0.2) is 24.3 Å². The molecule has 3 aromatic rings. The Kier molecular flexibility index (Phi) is 5.68. The molecule has 7 heteroatoms. The van der Waals surface area contributed by atoms with E-state index in [9.17, 15) is 4.79 Å². The standard InChI is InChI=1S/C27H32N4O2S/c1-17-6-11-21-22(16-17)34-26-23(21)25(28-24(29-26)18-7-9-20(33-2)10-8-18)30-12-14-31(15-13-30)27(32)19-4-3-5-19/h7-10,17,19H,3-6,11-16H2,1-2H3. The van der Waals surface area contributed by atoms with E-state index >= 15 is 0 Å². The summed E-state index contributed by atoms with van der Waals surface area (Å²) >= 11 is 1.85. The van der Waals surface area contributed by atoms with Gasteiger partial charge in [0.2, 0.25) is 5.91 Å². The number of aryl methyl sites for hydroxylation is 1. The first-order chi connectivity index (χ1) is 16.6. The van der Waals surface area contributed by atoms with Crippen LogP contribution < -0.4 is 9.64 Å². The fourth-order valence-electron chi connectivity index (χ4n) is 5.47. The molecule has 0 radical (unpaired) electrons. The molecule has 1 amide bonds. The molecule has 3 heterocycles. The van der Waals surface area contributed by atoms with Crippen LogP contribution in [-0.2, 0) is 17.6 Å². The van der Waals surface area contributed by atoms with E-state index in [1.165, 1.54) is 28.7 Å². The second-order valence-corrected chi connectivity index (χ2v) is 11.2. The van der Waals surface area contributed by atoms with Crippen LogP contribution in [0.3, 0.4) is 0 Å². The van der Waals surface area contributed by atoms with Crippen molar-refractivity contribution in [1.29, 1.82) is 0 Å². The number of rotatable bonds is 4. The van der Waals surface area contributed by atoms with Gasteiger partial charge in [-0.15, -0.1) is 11.3 Å². The summed E-state index contributed by atoms with van der Waals surface area (Å²) in [6, 6.07) is 8.01. The number of nitrogens with zero attached hydrogens (tertiary/aromatic N) is 4. The maximum Gasteiger partial charge on any atom is 0.225 e. The summed E-state index contributed by atoms with van der Waals surface area (Å²) in [5.74, 6) is 4.00. The van der Waals surface area contributed by atoms with Crippen molar-refractivity contribution in [3.8, 4) is 17.1 Å². The van der Waals surface area contributed by atoms with Gasteiger partial charge in [-0.3, -0.25) is 4.79 Å². The van der Waals surface area contributed by atoms with Gasteiger partial charge in [-0.05, 0) is 67.9 Å².